The molecule has 1 aliphatic rings. The van der Waals surface area contributed by atoms with Gasteiger partial charge in [0.1, 0.15) is 29.2 Å². The van der Waals surface area contributed by atoms with Crippen molar-refractivity contribution in [3.05, 3.63) is 41.3 Å². The maximum atomic E-state index is 9.83. The number of nitrogens with zero attached hydrogens (tertiary/aromatic N) is 10. The van der Waals surface area contributed by atoms with Crippen LogP contribution < -0.4 is 10.2 Å². The monoisotopic (exact) mass is 429 g/mol. The lowest BCUT2D eigenvalue weighted by Crippen LogP contribution is -2.37. The second kappa shape index (κ2) is 9.16. The molecule has 0 amide bonds. The van der Waals surface area contributed by atoms with E-state index in [4.69, 9.17) is 4.74 Å². The van der Waals surface area contributed by atoms with Crippen LogP contribution in [-0.2, 0) is 4.74 Å². The molecule has 1 fully saturated rings. The average Bonchev–Trinajstić information content (AvgIpc) is 3.26. The Bertz CT molecular complexity index is 1230. The Morgan fingerprint density at radius 1 is 1.12 bits per heavy atom. The van der Waals surface area contributed by atoms with E-state index in [1.54, 1.807) is 32.4 Å². The lowest BCUT2D eigenvalue weighted by atomic mass is 10.1. The number of morpholine rings is 1. The Labute approximate surface area is 183 Å². The number of hydrogen-bond acceptors (Lipinski definition) is 11. The third-order valence-electron chi connectivity index (χ3n) is 4.91. The van der Waals surface area contributed by atoms with E-state index in [9.17, 15) is 10.5 Å². The number of anilines is 2. The van der Waals surface area contributed by atoms with Crippen molar-refractivity contribution in [1.29, 1.82) is 10.5 Å². The standard InChI is InChI=1S/C20H19N11O/c1-13-15(11-22)19(30-6-8-32-9-7-30)27-17(23-2)16(13)28-29-18-14(10-21)12-26-31(18)20-24-4-3-5-25-20/h3-5,12H,6-9H2,1-2H3,(H,23,27)/b29-28+. The highest BCUT2D eigenvalue weighted by atomic mass is 16.5. The van der Waals surface area contributed by atoms with Crippen LogP contribution in [0.4, 0.5) is 23.1 Å². The molecule has 1 aliphatic heterocycles. The minimum atomic E-state index is 0.177. The van der Waals surface area contributed by atoms with Crippen LogP contribution in [0.25, 0.3) is 5.95 Å². The van der Waals surface area contributed by atoms with Crippen molar-refractivity contribution in [2.75, 3.05) is 43.6 Å². The van der Waals surface area contributed by atoms with Crippen molar-refractivity contribution >= 4 is 23.1 Å². The summed E-state index contributed by atoms with van der Waals surface area (Å²) < 4.78 is 6.74. The maximum Gasteiger partial charge on any atom is 0.252 e. The molecule has 12 heteroatoms. The zero-order chi connectivity index (χ0) is 22.5. The van der Waals surface area contributed by atoms with E-state index in [1.165, 1.54) is 10.9 Å². The maximum absolute atomic E-state index is 9.83. The number of ether oxygens (including phenoxy) is 1. The number of rotatable bonds is 5. The minimum absolute atomic E-state index is 0.177. The Kier molecular flexibility index (Phi) is 5.96. The number of hydrogen-bond donors (Lipinski definition) is 1. The number of nitriles is 2. The first kappa shape index (κ1) is 20.8. The van der Waals surface area contributed by atoms with E-state index in [-0.39, 0.29) is 17.3 Å². The van der Waals surface area contributed by atoms with Crippen molar-refractivity contribution < 1.29 is 4.74 Å². The molecule has 32 heavy (non-hydrogen) atoms. The van der Waals surface area contributed by atoms with Crippen molar-refractivity contribution in [1.82, 2.24) is 24.7 Å². The molecule has 3 aromatic rings. The van der Waals surface area contributed by atoms with Crippen LogP contribution >= 0.6 is 0 Å². The first-order valence-corrected chi connectivity index (χ1v) is 9.80. The highest BCUT2D eigenvalue weighted by molar-refractivity contribution is 5.74. The number of azo groups is 1. The molecule has 3 aromatic heterocycles. The smallest absolute Gasteiger partial charge is 0.252 e. The number of pyridine rings is 1. The first-order chi connectivity index (χ1) is 15.7. The van der Waals surface area contributed by atoms with Gasteiger partial charge in [-0.2, -0.15) is 20.3 Å². The molecule has 160 valence electrons. The van der Waals surface area contributed by atoms with Gasteiger partial charge in [-0.15, -0.1) is 10.2 Å². The lowest BCUT2D eigenvalue weighted by molar-refractivity contribution is 0.122. The summed E-state index contributed by atoms with van der Waals surface area (Å²) in [5.74, 6) is 1.48. The van der Waals surface area contributed by atoms with Crippen LogP contribution in [0.15, 0.2) is 34.9 Å². The van der Waals surface area contributed by atoms with Crippen LogP contribution in [0.1, 0.15) is 16.7 Å². The summed E-state index contributed by atoms with van der Waals surface area (Å²) in [6.07, 6.45) is 4.50. The van der Waals surface area contributed by atoms with Gasteiger partial charge < -0.3 is 15.0 Å². The van der Waals surface area contributed by atoms with Crippen molar-refractivity contribution in [2.45, 2.75) is 6.92 Å². The summed E-state index contributed by atoms with van der Waals surface area (Å²) in [5, 5.41) is 35.1. The van der Waals surface area contributed by atoms with Crippen LogP contribution in [0.5, 0.6) is 0 Å². The zero-order valence-corrected chi connectivity index (χ0v) is 17.5. The highest BCUT2D eigenvalue weighted by Gasteiger charge is 2.23. The van der Waals surface area contributed by atoms with Gasteiger partial charge >= 0.3 is 0 Å². The van der Waals surface area contributed by atoms with Gasteiger partial charge in [-0.25, -0.2) is 15.0 Å². The van der Waals surface area contributed by atoms with Gasteiger partial charge in [-0.05, 0) is 13.0 Å². The van der Waals surface area contributed by atoms with Gasteiger partial charge in [0.15, 0.2) is 11.6 Å². The molecule has 1 saturated heterocycles. The van der Waals surface area contributed by atoms with E-state index < -0.39 is 0 Å². The molecule has 4 rings (SSSR count). The summed E-state index contributed by atoms with van der Waals surface area (Å²) in [4.78, 5) is 15.0. The Balaban J connectivity index is 1.80. The Hall–Kier alpha value is -4.42. The van der Waals surface area contributed by atoms with Gasteiger partial charge in [0.25, 0.3) is 5.95 Å². The van der Waals surface area contributed by atoms with E-state index in [2.05, 4.69) is 41.7 Å². The fourth-order valence-corrected chi connectivity index (χ4v) is 3.27. The van der Waals surface area contributed by atoms with E-state index in [0.29, 0.717) is 54.8 Å². The number of nitrogens with one attached hydrogen (secondary N) is 1. The summed E-state index contributed by atoms with van der Waals surface area (Å²) in [5.41, 5.74) is 1.65. The van der Waals surface area contributed by atoms with Crippen LogP contribution in [0.3, 0.4) is 0 Å². The Morgan fingerprint density at radius 2 is 1.88 bits per heavy atom. The number of aromatic nitrogens is 5. The van der Waals surface area contributed by atoms with Gasteiger partial charge in [-0.3, -0.25) is 0 Å². The second-order valence-corrected chi connectivity index (χ2v) is 6.75. The largest absolute Gasteiger partial charge is 0.378 e. The fraction of sp³-hybridized carbons (Fsp3) is 0.300. The normalized spacial score (nSPS) is 13.7. The third kappa shape index (κ3) is 3.82. The van der Waals surface area contributed by atoms with Gasteiger partial charge in [0.2, 0.25) is 0 Å². The molecule has 0 aliphatic carbocycles. The second-order valence-electron chi connectivity index (χ2n) is 6.75. The average molecular weight is 429 g/mol. The quantitative estimate of drug-likeness (QED) is 0.602. The molecule has 0 radical (unpaired) electrons. The van der Waals surface area contributed by atoms with Crippen molar-refractivity contribution in [3.63, 3.8) is 0 Å². The molecule has 0 saturated carbocycles. The van der Waals surface area contributed by atoms with Gasteiger partial charge in [0.05, 0.1) is 25.0 Å². The molecular weight excluding hydrogens is 410 g/mol. The van der Waals surface area contributed by atoms with Gasteiger partial charge in [-0.1, -0.05) is 0 Å². The Morgan fingerprint density at radius 3 is 2.53 bits per heavy atom. The SMILES string of the molecule is CNc1nc(N2CCOCC2)c(C#N)c(C)c1/N=N/c1c(C#N)cnn1-c1ncccn1. The van der Waals surface area contributed by atoms with E-state index in [1.807, 2.05) is 11.0 Å². The predicted octanol–water partition coefficient (Wildman–Crippen LogP) is 2.40. The molecule has 0 spiro atoms. The molecule has 4 heterocycles. The van der Waals surface area contributed by atoms with Crippen LogP contribution in [-0.4, -0.2) is 58.1 Å². The van der Waals surface area contributed by atoms with Crippen LogP contribution in [0, 0.1) is 29.6 Å². The molecule has 0 bridgehead atoms. The molecule has 0 unspecified atom stereocenters. The first-order valence-electron chi connectivity index (χ1n) is 9.80. The fourth-order valence-electron chi connectivity index (χ4n) is 3.27. The summed E-state index contributed by atoms with van der Waals surface area (Å²) in [6, 6.07) is 5.96. The predicted molar refractivity (Wildman–Crippen MR) is 114 cm³/mol. The molecule has 0 aromatic carbocycles. The van der Waals surface area contributed by atoms with E-state index >= 15 is 0 Å². The van der Waals surface area contributed by atoms with Crippen LogP contribution in [0.2, 0.25) is 0 Å². The van der Waals surface area contributed by atoms with Crippen molar-refractivity contribution in [3.8, 4) is 18.1 Å². The molecule has 0 atom stereocenters. The topological polar surface area (TPSA) is 153 Å². The molecule has 12 nitrogen and oxygen atoms in total. The minimum Gasteiger partial charge on any atom is -0.378 e. The summed E-state index contributed by atoms with van der Waals surface area (Å²) in [7, 11) is 1.72. The molecular formula is C20H19N11O. The van der Waals surface area contributed by atoms with Crippen molar-refractivity contribution in [2.24, 2.45) is 10.2 Å². The van der Waals surface area contributed by atoms with E-state index in [0.717, 1.165) is 0 Å². The summed E-state index contributed by atoms with van der Waals surface area (Å²) in [6.45, 7) is 4.23. The summed E-state index contributed by atoms with van der Waals surface area (Å²) >= 11 is 0. The third-order valence-corrected chi connectivity index (χ3v) is 4.91. The molecule has 1 N–H and O–H groups in total. The van der Waals surface area contributed by atoms with Gasteiger partial charge in [0, 0.05) is 38.1 Å². The zero-order valence-electron chi connectivity index (χ0n) is 17.5. The highest BCUT2D eigenvalue weighted by Crippen LogP contribution is 2.36. The lowest BCUT2D eigenvalue weighted by Gasteiger charge is -2.29.